The van der Waals surface area contributed by atoms with E-state index < -0.39 is 5.82 Å². The molecule has 1 aromatic carbocycles. The summed E-state index contributed by atoms with van der Waals surface area (Å²) in [5.41, 5.74) is 7.51. The van der Waals surface area contributed by atoms with Crippen LogP contribution < -0.4 is 5.73 Å². The molecular weight excluding hydrogens is 235 g/mol. The zero-order chi connectivity index (χ0) is 13.1. The lowest BCUT2D eigenvalue weighted by molar-refractivity contribution is 0.318. The number of nitrogens with two attached hydrogens (primary N) is 1. The fraction of sp³-hybridized carbons (Fsp3) is 0.167. The van der Waals surface area contributed by atoms with Crippen LogP contribution in [-0.2, 0) is 6.54 Å². The molecule has 0 saturated carbocycles. The summed E-state index contributed by atoms with van der Waals surface area (Å²) in [5, 5.41) is 15.6. The van der Waals surface area contributed by atoms with Crippen LogP contribution >= 0.6 is 0 Å². The first-order valence-electron chi connectivity index (χ1n) is 5.35. The molecule has 0 radical (unpaired) electrons. The molecule has 0 bridgehead atoms. The molecule has 0 fully saturated rings. The normalized spacial score (nSPS) is 11.8. The van der Waals surface area contributed by atoms with Crippen LogP contribution in [0.3, 0.4) is 0 Å². The Morgan fingerprint density at radius 2 is 2.28 bits per heavy atom. The third-order valence-electron chi connectivity index (χ3n) is 2.47. The Labute approximate surface area is 103 Å². The van der Waals surface area contributed by atoms with Gasteiger partial charge < -0.3 is 10.9 Å². The van der Waals surface area contributed by atoms with Crippen LogP contribution in [0.4, 0.5) is 4.39 Å². The van der Waals surface area contributed by atoms with Gasteiger partial charge in [-0.05, 0) is 36.2 Å². The molecule has 0 spiro atoms. The minimum atomic E-state index is -0.432. The van der Waals surface area contributed by atoms with Crippen LogP contribution in [0.15, 0.2) is 35.7 Å². The third kappa shape index (κ3) is 2.65. The molecule has 94 valence electrons. The maximum atomic E-state index is 13.4. The number of halogens is 1. The number of benzene rings is 1. The highest BCUT2D eigenvalue weighted by Crippen LogP contribution is 2.11. The highest BCUT2D eigenvalue weighted by molar-refractivity contribution is 5.97. The molecule has 5 nitrogen and oxygen atoms in total. The van der Waals surface area contributed by atoms with E-state index in [9.17, 15) is 4.39 Å². The molecule has 2 aromatic rings. The van der Waals surface area contributed by atoms with Gasteiger partial charge in [0, 0.05) is 11.8 Å². The van der Waals surface area contributed by atoms with Crippen LogP contribution in [-0.4, -0.2) is 20.8 Å². The van der Waals surface area contributed by atoms with E-state index in [-0.39, 0.29) is 5.84 Å². The lowest BCUT2D eigenvalue weighted by atomic mass is 10.1. The summed E-state index contributed by atoms with van der Waals surface area (Å²) in [7, 11) is 0. The second-order valence-corrected chi connectivity index (χ2v) is 4.05. The molecule has 0 atom stereocenters. The van der Waals surface area contributed by atoms with E-state index in [2.05, 4.69) is 10.3 Å². The van der Waals surface area contributed by atoms with Crippen molar-refractivity contribution in [1.82, 2.24) is 9.78 Å². The molecule has 0 unspecified atom stereocenters. The molecule has 0 aliphatic heterocycles. The first-order chi connectivity index (χ1) is 8.58. The van der Waals surface area contributed by atoms with Crippen molar-refractivity contribution in [2.75, 3.05) is 0 Å². The molecule has 0 saturated heterocycles. The largest absolute Gasteiger partial charge is 0.409 e. The third-order valence-corrected chi connectivity index (χ3v) is 2.47. The average Bonchev–Trinajstić information content (AvgIpc) is 2.73. The van der Waals surface area contributed by atoms with E-state index in [0.29, 0.717) is 17.7 Å². The molecule has 18 heavy (non-hydrogen) atoms. The number of aromatic nitrogens is 2. The Bertz CT molecular complexity index is 592. The van der Waals surface area contributed by atoms with Gasteiger partial charge in [0.25, 0.3) is 0 Å². The molecular formula is C12H13FN4O. The summed E-state index contributed by atoms with van der Waals surface area (Å²) in [6.45, 7) is 2.36. The Balaban J connectivity index is 2.31. The van der Waals surface area contributed by atoms with Crippen molar-refractivity contribution >= 4 is 5.84 Å². The van der Waals surface area contributed by atoms with Crippen molar-refractivity contribution in [3.05, 3.63) is 53.1 Å². The fourth-order valence-corrected chi connectivity index (χ4v) is 1.69. The van der Waals surface area contributed by atoms with Crippen LogP contribution in [0.25, 0.3) is 0 Å². The number of rotatable bonds is 3. The van der Waals surface area contributed by atoms with Crippen molar-refractivity contribution in [3.63, 3.8) is 0 Å². The van der Waals surface area contributed by atoms with Gasteiger partial charge in [-0.3, -0.25) is 4.68 Å². The van der Waals surface area contributed by atoms with E-state index >= 15 is 0 Å². The number of amidine groups is 1. The summed E-state index contributed by atoms with van der Waals surface area (Å²) >= 11 is 0. The Kier molecular flexibility index (Phi) is 3.27. The van der Waals surface area contributed by atoms with E-state index in [1.807, 2.05) is 13.1 Å². The van der Waals surface area contributed by atoms with Crippen LogP contribution in [0.2, 0.25) is 0 Å². The first-order valence-corrected chi connectivity index (χ1v) is 5.35. The van der Waals surface area contributed by atoms with Gasteiger partial charge in [0.15, 0.2) is 5.84 Å². The fourth-order valence-electron chi connectivity index (χ4n) is 1.69. The van der Waals surface area contributed by atoms with E-state index in [1.165, 1.54) is 12.1 Å². The van der Waals surface area contributed by atoms with Crippen LogP contribution in [0.5, 0.6) is 0 Å². The minimum Gasteiger partial charge on any atom is -0.409 e. The molecule has 1 aromatic heterocycles. The highest BCUT2D eigenvalue weighted by atomic mass is 19.1. The number of oxime groups is 1. The minimum absolute atomic E-state index is 0.118. The zero-order valence-corrected chi connectivity index (χ0v) is 9.84. The van der Waals surface area contributed by atoms with Gasteiger partial charge in [-0.2, -0.15) is 5.10 Å². The molecule has 1 heterocycles. The van der Waals surface area contributed by atoms with Gasteiger partial charge in [-0.1, -0.05) is 5.16 Å². The molecule has 0 aliphatic rings. The van der Waals surface area contributed by atoms with Crippen molar-refractivity contribution in [2.45, 2.75) is 13.5 Å². The topological polar surface area (TPSA) is 76.4 Å². The second kappa shape index (κ2) is 4.87. The molecule has 0 amide bonds. The summed E-state index contributed by atoms with van der Waals surface area (Å²) in [5.74, 6) is -0.551. The zero-order valence-electron chi connectivity index (χ0n) is 9.84. The van der Waals surface area contributed by atoms with Gasteiger partial charge in [-0.25, -0.2) is 4.39 Å². The first kappa shape index (κ1) is 12.1. The predicted octanol–water partition coefficient (Wildman–Crippen LogP) is 1.47. The van der Waals surface area contributed by atoms with Crippen LogP contribution in [0.1, 0.15) is 16.7 Å². The van der Waals surface area contributed by atoms with E-state index in [0.717, 1.165) is 5.56 Å². The van der Waals surface area contributed by atoms with Crippen LogP contribution in [0, 0.1) is 12.7 Å². The van der Waals surface area contributed by atoms with Crippen molar-refractivity contribution in [3.8, 4) is 0 Å². The Hall–Kier alpha value is -2.37. The highest BCUT2D eigenvalue weighted by Gasteiger charge is 2.06. The monoisotopic (exact) mass is 248 g/mol. The van der Waals surface area contributed by atoms with E-state index in [1.54, 1.807) is 16.9 Å². The number of nitrogens with zero attached hydrogens (tertiary/aromatic N) is 3. The number of aryl methyl sites for hydroxylation is 1. The summed E-state index contributed by atoms with van der Waals surface area (Å²) in [6.07, 6.45) is 3.58. The quantitative estimate of drug-likeness (QED) is 0.374. The SMILES string of the molecule is Cc1cnn(Cc2cc(F)cc(/C(N)=N/O)c2)c1. The average molecular weight is 248 g/mol. The van der Waals surface area contributed by atoms with Crippen molar-refractivity contribution in [1.29, 1.82) is 0 Å². The lowest BCUT2D eigenvalue weighted by Crippen LogP contribution is -2.14. The van der Waals surface area contributed by atoms with Gasteiger partial charge >= 0.3 is 0 Å². The van der Waals surface area contributed by atoms with Gasteiger partial charge in [-0.15, -0.1) is 0 Å². The van der Waals surface area contributed by atoms with Gasteiger partial charge in [0.2, 0.25) is 0 Å². The Morgan fingerprint density at radius 3 is 2.89 bits per heavy atom. The van der Waals surface area contributed by atoms with E-state index in [4.69, 9.17) is 10.9 Å². The standard InChI is InChI=1S/C12H13FN4O/c1-8-5-15-17(6-8)7-9-2-10(12(14)16-18)4-11(13)3-9/h2-6,18H,7H2,1H3,(H2,14,16). The maximum absolute atomic E-state index is 13.4. The smallest absolute Gasteiger partial charge is 0.170 e. The second-order valence-electron chi connectivity index (χ2n) is 4.05. The lowest BCUT2D eigenvalue weighted by Gasteiger charge is -2.05. The number of hydrogen-bond donors (Lipinski definition) is 2. The summed E-state index contributed by atoms with van der Waals surface area (Å²) in [4.78, 5) is 0. The number of hydrogen-bond acceptors (Lipinski definition) is 3. The molecule has 2 rings (SSSR count). The Morgan fingerprint density at radius 1 is 1.50 bits per heavy atom. The van der Waals surface area contributed by atoms with Gasteiger partial charge in [0.05, 0.1) is 12.7 Å². The molecule has 0 aliphatic carbocycles. The summed E-state index contributed by atoms with van der Waals surface area (Å²) in [6, 6.07) is 4.27. The maximum Gasteiger partial charge on any atom is 0.170 e. The van der Waals surface area contributed by atoms with Crippen molar-refractivity contribution in [2.24, 2.45) is 10.9 Å². The van der Waals surface area contributed by atoms with Crippen molar-refractivity contribution < 1.29 is 9.60 Å². The summed E-state index contributed by atoms with van der Waals surface area (Å²) < 4.78 is 15.1. The molecule has 3 N–H and O–H groups in total. The predicted molar refractivity (Wildman–Crippen MR) is 65.0 cm³/mol. The van der Waals surface area contributed by atoms with Gasteiger partial charge in [0.1, 0.15) is 5.82 Å². The molecule has 6 heteroatoms.